The molecule has 0 bridgehead atoms. The molecule has 0 saturated heterocycles. The van der Waals surface area contributed by atoms with Crippen LogP contribution in [0.25, 0.3) is 11.1 Å². The van der Waals surface area contributed by atoms with Gasteiger partial charge in [-0.05, 0) is 73.9 Å². The van der Waals surface area contributed by atoms with E-state index >= 15 is 0 Å². The Morgan fingerprint density at radius 3 is 2.62 bits per heavy atom. The zero-order valence-corrected chi connectivity index (χ0v) is 20.0. The fourth-order valence-electron chi connectivity index (χ4n) is 4.88. The summed E-state index contributed by atoms with van der Waals surface area (Å²) in [5.41, 5.74) is 10.0. The number of fused-ring (bicyclic) bond motifs is 1. The standard InChI is InChI=1S/C27H35N3O4/c1-3-30(4-2)27(33)20-9-7-8-18(14-20)19-12-13-22-21(15-19)16-23(32)26(22)24(34-17-31)10-5-6-11-25(28)29/h7-9,12-15,17,23-24,26,32H,3-6,10-11,16H2,1-2H3,(H3,28,29). The summed E-state index contributed by atoms with van der Waals surface area (Å²) in [6.45, 7) is 5.72. The summed E-state index contributed by atoms with van der Waals surface area (Å²) in [4.78, 5) is 25.7. The van der Waals surface area contributed by atoms with Gasteiger partial charge >= 0.3 is 0 Å². The van der Waals surface area contributed by atoms with Crippen molar-refractivity contribution in [1.29, 1.82) is 5.41 Å². The summed E-state index contributed by atoms with van der Waals surface area (Å²) < 4.78 is 5.39. The number of ether oxygens (including phenoxy) is 1. The largest absolute Gasteiger partial charge is 0.464 e. The molecule has 0 saturated carbocycles. The summed E-state index contributed by atoms with van der Waals surface area (Å²) in [6.07, 6.45) is 2.02. The Kier molecular flexibility index (Phi) is 8.82. The van der Waals surface area contributed by atoms with Crippen LogP contribution in [0.5, 0.6) is 0 Å². The Morgan fingerprint density at radius 1 is 1.21 bits per heavy atom. The molecule has 0 radical (unpaired) electrons. The van der Waals surface area contributed by atoms with E-state index in [1.54, 1.807) is 4.90 Å². The Bertz CT molecular complexity index is 1020. The van der Waals surface area contributed by atoms with Crippen LogP contribution in [0.15, 0.2) is 42.5 Å². The number of nitrogens with zero attached hydrogens (tertiary/aromatic N) is 1. The van der Waals surface area contributed by atoms with Crippen molar-refractivity contribution in [1.82, 2.24) is 4.90 Å². The number of aliphatic hydroxyl groups excluding tert-OH is 1. The lowest BCUT2D eigenvalue weighted by Crippen LogP contribution is -2.30. The van der Waals surface area contributed by atoms with Gasteiger partial charge in [-0.3, -0.25) is 15.0 Å². The zero-order chi connectivity index (χ0) is 24.7. The van der Waals surface area contributed by atoms with Gasteiger partial charge in [0.1, 0.15) is 6.10 Å². The number of benzene rings is 2. The molecule has 0 spiro atoms. The molecule has 182 valence electrons. The molecule has 3 unspecified atom stereocenters. The van der Waals surface area contributed by atoms with Crippen LogP contribution >= 0.6 is 0 Å². The van der Waals surface area contributed by atoms with Crippen molar-refractivity contribution in [2.75, 3.05) is 13.1 Å². The molecule has 1 amide bonds. The lowest BCUT2D eigenvalue weighted by atomic mass is 9.89. The summed E-state index contributed by atoms with van der Waals surface area (Å²) in [6, 6.07) is 13.7. The van der Waals surface area contributed by atoms with Gasteiger partial charge in [-0.1, -0.05) is 30.3 Å². The van der Waals surface area contributed by atoms with Crippen molar-refractivity contribution in [2.24, 2.45) is 5.73 Å². The number of aliphatic hydroxyl groups is 1. The van der Waals surface area contributed by atoms with Gasteiger partial charge in [-0.2, -0.15) is 0 Å². The number of amidine groups is 1. The van der Waals surface area contributed by atoms with Gasteiger partial charge in [0.2, 0.25) is 0 Å². The molecule has 4 N–H and O–H groups in total. The molecule has 1 aliphatic carbocycles. The number of amides is 1. The fraction of sp³-hybridized carbons (Fsp3) is 0.444. The number of hydrogen-bond donors (Lipinski definition) is 3. The monoisotopic (exact) mass is 465 g/mol. The number of rotatable bonds is 12. The molecular formula is C27H35N3O4. The number of carbonyl (C=O) groups is 2. The third-order valence-electron chi connectivity index (χ3n) is 6.65. The van der Waals surface area contributed by atoms with Gasteiger partial charge in [-0.15, -0.1) is 0 Å². The second-order valence-electron chi connectivity index (χ2n) is 8.81. The number of nitrogens with one attached hydrogen (secondary N) is 1. The van der Waals surface area contributed by atoms with E-state index in [9.17, 15) is 14.7 Å². The van der Waals surface area contributed by atoms with E-state index in [0.717, 1.165) is 35.1 Å². The maximum Gasteiger partial charge on any atom is 0.293 e. The minimum absolute atomic E-state index is 0.0159. The highest BCUT2D eigenvalue weighted by Crippen LogP contribution is 2.40. The first-order chi connectivity index (χ1) is 16.4. The third-order valence-corrected chi connectivity index (χ3v) is 6.65. The lowest BCUT2D eigenvalue weighted by molar-refractivity contribution is -0.136. The quantitative estimate of drug-likeness (QED) is 0.190. The number of carbonyl (C=O) groups excluding carboxylic acids is 2. The van der Waals surface area contributed by atoms with E-state index in [1.807, 2.05) is 50.2 Å². The van der Waals surface area contributed by atoms with Gasteiger partial charge < -0.3 is 20.5 Å². The van der Waals surface area contributed by atoms with Gasteiger partial charge in [-0.25, -0.2) is 0 Å². The van der Waals surface area contributed by atoms with Gasteiger partial charge in [0.25, 0.3) is 12.4 Å². The summed E-state index contributed by atoms with van der Waals surface area (Å²) >= 11 is 0. The smallest absolute Gasteiger partial charge is 0.293 e. The molecule has 3 rings (SSSR count). The van der Waals surface area contributed by atoms with Crippen molar-refractivity contribution >= 4 is 18.2 Å². The van der Waals surface area contributed by atoms with E-state index in [2.05, 4.69) is 6.07 Å². The first-order valence-corrected chi connectivity index (χ1v) is 12.0. The molecule has 0 aromatic heterocycles. The second-order valence-corrected chi connectivity index (χ2v) is 8.81. The van der Waals surface area contributed by atoms with Crippen LogP contribution in [0.1, 0.15) is 66.9 Å². The first-order valence-electron chi connectivity index (χ1n) is 12.0. The normalized spacial score (nSPS) is 17.6. The van der Waals surface area contributed by atoms with Gasteiger partial charge in [0.05, 0.1) is 11.9 Å². The minimum Gasteiger partial charge on any atom is -0.464 e. The average Bonchev–Trinajstić information content (AvgIpc) is 3.16. The number of unbranched alkanes of at least 4 members (excludes halogenated alkanes) is 1. The van der Waals surface area contributed by atoms with Crippen LogP contribution in [-0.4, -0.2) is 53.5 Å². The van der Waals surface area contributed by atoms with Crippen LogP contribution in [0, 0.1) is 5.41 Å². The highest BCUT2D eigenvalue weighted by molar-refractivity contribution is 5.95. The Labute approximate surface area is 201 Å². The Morgan fingerprint density at radius 2 is 1.94 bits per heavy atom. The molecule has 0 aliphatic heterocycles. The van der Waals surface area contributed by atoms with Crippen LogP contribution < -0.4 is 5.73 Å². The SMILES string of the molecule is CCN(CC)C(=O)c1cccc(-c2ccc3c(c2)CC(O)C3C(CCCCC(=N)N)OC=O)c1. The molecule has 0 fully saturated rings. The summed E-state index contributed by atoms with van der Waals surface area (Å²) in [5, 5.41) is 18.2. The maximum atomic E-state index is 12.8. The van der Waals surface area contributed by atoms with E-state index < -0.39 is 12.2 Å². The molecular weight excluding hydrogens is 430 g/mol. The van der Waals surface area contributed by atoms with E-state index in [0.29, 0.717) is 44.4 Å². The predicted octanol–water partition coefficient (Wildman–Crippen LogP) is 3.87. The van der Waals surface area contributed by atoms with E-state index in [4.69, 9.17) is 15.9 Å². The molecule has 1 aliphatic rings. The molecule has 0 heterocycles. The summed E-state index contributed by atoms with van der Waals surface area (Å²) in [5.74, 6) is -0.126. The minimum atomic E-state index is -0.640. The maximum absolute atomic E-state index is 12.8. The number of hydrogen-bond acceptors (Lipinski definition) is 5. The van der Waals surface area contributed by atoms with Crippen LogP contribution in [-0.2, 0) is 16.0 Å². The fourth-order valence-corrected chi connectivity index (χ4v) is 4.88. The second kappa shape index (κ2) is 11.8. The predicted molar refractivity (Wildman–Crippen MR) is 133 cm³/mol. The Hall–Kier alpha value is -3.19. The summed E-state index contributed by atoms with van der Waals surface area (Å²) in [7, 11) is 0. The van der Waals surface area contributed by atoms with Crippen molar-refractivity contribution in [2.45, 2.75) is 64.1 Å². The lowest BCUT2D eigenvalue weighted by Gasteiger charge is -2.25. The highest BCUT2D eigenvalue weighted by atomic mass is 16.5. The molecule has 7 nitrogen and oxygen atoms in total. The molecule has 3 atom stereocenters. The van der Waals surface area contributed by atoms with Crippen LogP contribution in [0.4, 0.5) is 0 Å². The van der Waals surface area contributed by atoms with Crippen LogP contribution in [0.2, 0.25) is 0 Å². The zero-order valence-electron chi connectivity index (χ0n) is 20.0. The van der Waals surface area contributed by atoms with Gasteiger partial charge in [0.15, 0.2) is 0 Å². The van der Waals surface area contributed by atoms with E-state index in [1.165, 1.54) is 0 Å². The highest BCUT2D eigenvalue weighted by Gasteiger charge is 2.38. The third kappa shape index (κ3) is 5.83. The van der Waals surface area contributed by atoms with Crippen molar-refractivity contribution in [3.8, 4) is 11.1 Å². The van der Waals surface area contributed by atoms with Crippen molar-refractivity contribution < 1.29 is 19.4 Å². The first kappa shape index (κ1) is 25.4. The molecule has 2 aromatic carbocycles. The van der Waals surface area contributed by atoms with Crippen LogP contribution in [0.3, 0.4) is 0 Å². The molecule has 2 aromatic rings. The van der Waals surface area contributed by atoms with Crippen molar-refractivity contribution in [3.63, 3.8) is 0 Å². The molecule has 34 heavy (non-hydrogen) atoms. The van der Waals surface area contributed by atoms with Crippen molar-refractivity contribution in [3.05, 3.63) is 59.2 Å². The Balaban J connectivity index is 1.82. The average molecular weight is 466 g/mol. The van der Waals surface area contributed by atoms with E-state index in [-0.39, 0.29) is 17.7 Å². The topological polar surface area (TPSA) is 117 Å². The molecule has 7 heteroatoms. The number of nitrogens with two attached hydrogens (primary N) is 1. The van der Waals surface area contributed by atoms with Gasteiger partial charge in [0, 0.05) is 31.0 Å².